The van der Waals surface area contributed by atoms with Crippen molar-refractivity contribution in [2.75, 3.05) is 20.3 Å². The number of rotatable bonds is 6. The van der Waals surface area contributed by atoms with E-state index in [9.17, 15) is 25.2 Å². The first-order valence-corrected chi connectivity index (χ1v) is 18.4. The number of carbonyl (C=O) groups is 1. The number of carbonyl (C=O) groups excluding carboxylic acids is 1. The number of nitrogens with one attached hydrogen (secondary N) is 1. The number of hydrogen-bond acceptors (Lipinski definition) is 14. The van der Waals surface area contributed by atoms with Crippen LogP contribution in [-0.2, 0) is 38.0 Å². The van der Waals surface area contributed by atoms with Crippen molar-refractivity contribution in [1.29, 1.82) is 0 Å². The van der Waals surface area contributed by atoms with Crippen LogP contribution in [0.4, 0.5) is 0 Å². The van der Waals surface area contributed by atoms with Crippen molar-refractivity contribution in [3.05, 3.63) is 0 Å². The molecule has 4 aliphatic rings. The van der Waals surface area contributed by atoms with E-state index >= 15 is 0 Å². The topological polar surface area (TPSA) is 204 Å². The Kier molecular flexibility index (Phi) is 13.2. The zero-order chi connectivity index (χ0) is 37.6. The Morgan fingerprint density at radius 1 is 1.00 bits per heavy atom. The monoisotopic (exact) mass is 718 g/mol. The Balaban J connectivity index is 1.77. The second-order valence-corrected chi connectivity index (χ2v) is 16.4. The molecule has 0 aliphatic carbocycles. The lowest BCUT2D eigenvalue weighted by atomic mass is 9.77. The van der Waals surface area contributed by atoms with Crippen molar-refractivity contribution in [3.8, 4) is 0 Å². The van der Waals surface area contributed by atoms with E-state index in [1.807, 2.05) is 34.6 Å². The molecule has 4 aliphatic heterocycles. The highest BCUT2D eigenvalue weighted by Crippen LogP contribution is 2.51. The van der Waals surface area contributed by atoms with Crippen LogP contribution >= 0.6 is 0 Å². The van der Waals surface area contributed by atoms with Crippen LogP contribution in [0.3, 0.4) is 0 Å². The van der Waals surface area contributed by atoms with Crippen molar-refractivity contribution in [1.82, 2.24) is 5.32 Å². The first-order chi connectivity index (χ1) is 23.1. The molecule has 0 bridgehead atoms. The standard InChI is InChI=1S/C36H66N2O12/c1-12-25-35(10,43)29(40)22(6)38-16-18(2)14-33(8,42)30(50-32-27(39)24(37)13-19(3)46-32)20(4)28(21(5)31(41)48-25)49-26-15-34(9,44-11)36(17-45-36)23(7)47-26/h18-30,32,38-40,42-43H,12-17,37H2,1-11H3/t18-,19-,20+,21-,22-,23+,24+,25-,26+,27-,28+,29-,30-,32+,33-,34-,35-,36+/m1/s1. The predicted octanol–water partition coefficient (Wildman–Crippen LogP) is 1.36. The van der Waals surface area contributed by atoms with Crippen molar-refractivity contribution < 1.29 is 58.4 Å². The number of aliphatic hydroxyl groups excluding tert-OH is 2. The number of ether oxygens (including phenoxy) is 7. The Morgan fingerprint density at radius 3 is 2.22 bits per heavy atom. The van der Waals surface area contributed by atoms with Crippen molar-refractivity contribution in [2.45, 2.75) is 185 Å². The maximum atomic E-state index is 14.1. The first kappa shape index (κ1) is 41.7. The van der Waals surface area contributed by atoms with Crippen molar-refractivity contribution in [2.24, 2.45) is 23.5 Å². The van der Waals surface area contributed by atoms with Crippen LogP contribution in [0.2, 0.25) is 0 Å². The van der Waals surface area contributed by atoms with Gasteiger partial charge in [-0.15, -0.1) is 0 Å². The Morgan fingerprint density at radius 2 is 1.64 bits per heavy atom. The molecule has 14 heteroatoms. The number of esters is 1. The molecular formula is C36H66N2O12. The largest absolute Gasteiger partial charge is 0.459 e. The molecule has 0 aromatic carbocycles. The zero-order valence-electron chi connectivity index (χ0n) is 32.0. The first-order valence-electron chi connectivity index (χ1n) is 18.4. The minimum atomic E-state index is -1.79. The summed E-state index contributed by atoms with van der Waals surface area (Å²) in [7, 11) is 1.62. The fourth-order valence-electron chi connectivity index (χ4n) is 8.58. The number of methoxy groups -OCH3 is 1. The van der Waals surface area contributed by atoms with E-state index in [1.54, 1.807) is 34.8 Å². The molecule has 0 aromatic rings. The van der Waals surface area contributed by atoms with Gasteiger partial charge in [0.1, 0.15) is 35.1 Å². The van der Waals surface area contributed by atoms with Crippen LogP contribution in [0.1, 0.15) is 94.9 Å². The van der Waals surface area contributed by atoms with Crippen LogP contribution in [0, 0.1) is 17.8 Å². The number of nitrogens with two attached hydrogens (primary N) is 1. The summed E-state index contributed by atoms with van der Waals surface area (Å²) >= 11 is 0. The lowest BCUT2D eigenvalue weighted by molar-refractivity contribution is -0.312. The molecule has 4 rings (SSSR count). The van der Waals surface area contributed by atoms with Crippen molar-refractivity contribution in [3.63, 3.8) is 0 Å². The van der Waals surface area contributed by atoms with E-state index in [0.29, 0.717) is 19.6 Å². The number of cyclic esters (lactones) is 1. The third-order valence-corrected chi connectivity index (χ3v) is 12.0. The summed E-state index contributed by atoms with van der Waals surface area (Å²) in [6.45, 7) is 18.6. The van der Waals surface area contributed by atoms with Gasteiger partial charge in [0, 0.05) is 31.5 Å². The van der Waals surface area contributed by atoms with Gasteiger partial charge >= 0.3 is 5.97 Å². The molecule has 1 spiro atoms. The molecule has 0 amide bonds. The minimum Gasteiger partial charge on any atom is -0.459 e. The molecule has 0 unspecified atom stereocenters. The van der Waals surface area contributed by atoms with Crippen LogP contribution in [-0.4, -0.2) is 136 Å². The van der Waals surface area contributed by atoms with Gasteiger partial charge in [-0.2, -0.15) is 0 Å². The van der Waals surface area contributed by atoms with Gasteiger partial charge < -0.3 is 64.6 Å². The van der Waals surface area contributed by atoms with Gasteiger partial charge in [-0.05, 0) is 80.2 Å². The minimum absolute atomic E-state index is 0.150. The fraction of sp³-hybridized carbons (Fsp3) is 0.972. The Bertz CT molecular complexity index is 1140. The average Bonchev–Trinajstić information content (AvgIpc) is 3.86. The highest BCUT2D eigenvalue weighted by atomic mass is 16.7. The second-order valence-electron chi connectivity index (χ2n) is 16.4. The number of epoxide rings is 1. The van der Waals surface area contributed by atoms with E-state index in [0.717, 1.165) is 0 Å². The lowest BCUT2D eigenvalue weighted by Crippen LogP contribution is -2.61. The molecule has 14 nitrogen and oxygen atoms in total. The molecule has 7 N–H and O–H groups in total. The molecule has 0 aromatic heterocycles. The van der Waals surface area contributed by atoms with Gasteiger partial charge in [0.15, 0.2) is 12.6 Å². The van der Waals surface area contributed by atoms with Gasteiger partial charge in [-0.25, -0.2) is 0 Å². The maximum absolute atomic E-state index is 14.1. The predicted molar refractivity (Wildman–Crippen MR) is 183 cm³/mol. The lowest BCUT2D eigenvalue weighted by Gasteiger charge is -2.48. The molecular weight excluding hydrogens is 652 g/mol. The fourth-order valence-corrected chi connectivity index (χ4v) is 8.58. The smallest absolute Gasteiger partial charge is 0.311 e. The van der Waals surface area contributed by atoms with E-state index in [1.165, 1.54) is 6.92 Å². The highest BCUT2D eigenvalue weighted by Gasteiger charge is 2.67. The summed E-state index contributed by atoms with van der Waals surface area (Å²) in [5.74, 6) is -2.53. The summed E-state index contributed by atoms with van der Waals surface area (Å²) in [4.78, 5) is 14.1. The van der Waals surface area contributed by atoms with Gasteiger partial charge in [0.25, 0.3) is 0 Å². The third-order valence-electron chi connectivity index (χ3n) is 12.0. The second kappa shape index (κ2) is 15.8. The van der Waals surface area contributed by atoms with E-state index in [2.05, 4.69) is 5.32 Å². The molecule has 50 heavy (non-hydrogen) atoms. The summed E-state index contributed by atoms with van der Waals surface area (Å²) < 4.78 is 43.6. The Labute approximate surface area is 298 Å². The van der Waals surface area contributed by atoms with E-state index < -0.39 is 101 Å². The normalized spacial score (nSPS) is 52.9. The van der Waals surface area contributed by atoms with E-state index in [4.69, 9.17) is 38.9 Å². The molecule has 4 saturated heterocycles. The van der Waals surface area contributed by atoms with Crippen LogP contribution in [0.5, 0.6) is 0 Å². The summed E-state index contributed by atoms with van der Waals surface area (Å²) in [6, 6.07) is -1.19. The molecule has 18 atom stereocenters. The molecule has 292 valence electrons. The summed E-state index contributed by atoms with van der Waals surface area (Å²) in [5.41, 5.74) is 1.56. The summed E-state index contributed by atoms with van der Waals surface area (Å²) in [6.07, 6.45) is -7.06. The van der Waals surface area contributed by atoms with Gasteiger partial charge in [0.2, 0.25) is 0 Å². The van der Waals surface area contributed by atoms with Gasteiger partial charge in [0.05, 0.1) is 42.5 Å². The maximum Gasteiger partial charge on any atom is 0.311 e. The van der Waals surface area contributed by atoms with Crippen LogP contribution < -0.4 is 11.1 Å². The number of hydrogen-bond donors (Lipinski definition) is 6. The van der Waals surface area contributed by atoms with Crippen molar-refractivity contribution >= 4 is 5.97 Å². The molecule has 4 heterocycles. The zero-order valence-corrected chi connectivity index (χ0v) is 32.0. The third kappa shape index (κ3) is 8.37. The van der Waals surface area contributed by atoms with Crippen LogP contribution in [0.25, 0.3) is 0 Å². The number of aliphatic hydroxyl groups is 4. The van der Waals surface area contributed by atoms with Gasteiger partial charge in [-0.3, -0.25) is 4.79 Å². The van der Waals surface area contributed by atoms with Gasteiger partial charge in [-0.1, -0.05) is 20.8 Å². The Hall–Kier alpha value is -1.01. The quantitative estimate of drug-likeness (QED) is 0.170. The molecule has 0 saturated carbocycles. The summed E-state index contributed by atoms with van der Waals surface area (Å²) in [5, 5.41) is 49.6. The SMILES string of the molecule is CC[C@H]1OC(=O)[C@H](C)[C@@H](O[C@H]2C[C@@](C)(OC)[C@]3(CO3)[C@H](C)O2)[C@H](C)[C@@H](O[C@@H]2O[C@H](C)C[C@H](N)[C@H]2O)[C@](C)(O)C[C@@H](C)CN[C@H](C)[C@@H](O)[C@]1(C)O. The molecule has 4 fully saturated rings. The van der Waals surface area contributed by atoms with Crippen LogP contribution in [0.15, 0.2) is 0 Å². The average molecular weight is 719 g/mol. The highest BCUT2D eigenvalue weighted by molar-refractivity contribution is 5.73. The molecule has 0 radical (unpaired) electrons. The van der Waals surface area contributed by atoms with E-state index in [-0.39, 0.29) is 31.3 Å².